The molecule has 1 aromatic rings. The molecule has 4 nitrogen and oxygen atoms in total. The van der Waals surface area contributed by atoms with Gasteiger partial charge in [0.1, 0.15) is 6.54 Å². The number of hydrogen-bond donors (Lipinski definition) is 1. The van der Waals surface area contributed by atoms with Crippen molar-refractivity contribution in [3.05, 3.63) is 16.9 Å². The minimum Gasteiger partial charge on any atom is -0.352 e. The van der Waals surface area contributed by atoms with Crippen LogP contribution >= 0.6 is 15.9 Å². The Kier molecular flexibility index (Phi) is 3.98. The summed E-state index contributed by atoms with van der Waals surface area (Å²) in [5.74, 6) is 0.0579. The Hall–Kier alpha value is -0.840. The molecule has 1 aliphatic carbocycles. The quantitative estimate of drug-likeness (QED) is 0.925. The lowest BCUT2D eigenvalue weighted by Crippen LogP contribution is -2.38. The standard InChI is InChI=1S/C11H16BrN3O/c12-9-6-13-15(7-9)8-11(16)14-10-4-2-1-3-5-10/h6-7,10H,1-5,8H2,(H,14,16). The van der Waals surface area contributed by atoms with Crippen LogP contribution in [0.3, 0.4) is 0 Å². The lowest BCUT2D eigenvalue weighted by molar-refractivity contribution is -0.122. The maximum Gasteiger partial charge on any atom is 0.241 e. The Morgan fingerprint density at radius 3 is 2.88 bits per heavy atom. The predicted molar refractivity (Wildman–Crippen MR) is 64.9 cm³/mol. The zero-order chi connectivity index (χ0) is 11.4. The Morgan fingerprint density at radius 2 is 2.25 bits per heavy atom. The molecule has 88 valence electrons. The van der Waals surface area contributed by atoms with Crippen molar-refractivity contribution in [3.63, 3.8) is 0 Å². The first kappa shape index (κ1) is 11.6. The first-order valence-electron chi connectivity index (χ1n) is 5.71. The van der Waals surface area contributed by atoms with E-state index in [1.165, 1.54) is 19.3 Å². The molecule has 1 saturated carbocycles. The molecule has 1 amide bonds. The van der Waals surface area contributed by atoms with Crippen molar-refractivity contribution in [1.29, 1.82) is 0 Å². The number of rotatable bonds is 3. The fraction of sp³-hybridized carbons (Fsp3) is 0.636. The molecular formula is C11H16BrN3O. The number of hydrogen-bond acceptors (Lipinski definition) is 2. The van der Waals surface area contributed by atoms with E-state index < -0.39 is 0 Å². The molecular weight excluding hydrogens is 270 g/mol. The van der Waals surface area contributed by atoms with Crippen molar-refractivity contribution in [1.82, 2.24) is 15.1 Å². The second kappa shape index (κ2) is 5.48. The number of aromatic nitrogens is 2. The van der Waals surface area contributed by atoms with E-state index in [4.69, 9.17) is 0 Å². The third kappa shape index (κ3) is 3.33. The smallest absolute Gasteiger partial charge is 0.241 e. The monoisotopic (exact) mass is 285 g/mol. The van der Waals surface area contributed by atoms with Gasteiger partial charge in [-0.3, -0.25) is 9.48 Å². The van der Waals surface area contributed by atoms with Gasteiger partial charge in [-0.2, -0.15) is 5.10 Å². The third-order valence-electron chi connectivity index (χ3n) is 2.88. The lowest BCUT2D eigenvalue weighted by Gasteiger charge is -2.22. The van der Waals surface area contributed by atoms with Crippen LogP contribution < -0.4 is 5.32 Å². The maximum atomic E-state index is 11.7. The van der Waals surface area contributed by atoms with Gasteiger partial charge in [0.15, 0.2) is 0 Å². The lowest BCUT2D eigenvalue weighted by atomic mass is 9.95. The highest BCUT2D eigenvalue weighted by molar-refractivity contribution is 9.10. The summed E-state index contributed by atoms with van der Waals surface area (Å²) in [6.07, 6.45) is 9.51. The summed E-state index contributed by atoms with van der Waals surface area (Å²) in [5.41, 5.74) is 0. The van der Waals surface area contributed by atoms with Crippen molar-refractivity contribution < 1.29 is 4.79 Å². The van der Waals surface area contributed by atoms with Gasteiger partial charge in [0.2, 0.25) is 5.91 Å². The number of carbonyl (C=O) groups excluding carboxylic acids is 1. The number of nitrogens with one attached hydrogen (secondary N) is 1. The van der Waals surface area contributed by atoms with Crippen molar-refractivity contribution in [2.45, 2.75) is 44.7 Å². The summed E-state index contributed by atoms with van der Waals surface area (Å²) >= 11 is 3.31. The van der Waals surface area contributed by atoms with Crippen LogP contribution in [0.2, 0.25) is 0 Å². The fourth-order valence-corrected chi connectivity index (χ4v) is 2.42. The van der Waals surface area contributed by atoms with Crippen molar-refractivity contribution in [2.24, 2.45) is 0 Å². The molecule has 1 aromatic heterocycles. The SMILES string of the molecule is O=C(Cn1cc(Br)cn1)NC1CCCCC1. The minimum absolute atomic E-state index is 0.0579. The molecule has 2 rings (SSSR count). The summed E-state index contributed by atoms with van der Waals surface area (Å²) in [4.78, 5) is 11.7. The van der Waals surface area contributed by atoms with Crippen LogP contribution in [0.5, 0.6) is 0 Å². The van der Waals surface area contributed by atoms with E-state index in [0.29, 0.717) is 12.6 Å². The predicted octanol–water partition coefficient (Wildman–Crippen LogP) is 2.09. The summed E-state index contributed by atoms with van der Waals surface area (Å²) < 4.78 is 2.54. The molecule has 1 aliphatic rings. The van der Waals surface area contributed by atoms with Crippen LogP contribution in [-0.2, 0) is 11.3 Å². The van der Waals surface area contributed by atoms with Crippen LogP contribution in [0.25, 0.3) is 0 Å². The molecule has 0 saturated heterocycles. The Labute approximate surface area is 104 Å². The van der Waals surface area contributed by atoms with E-state index in [1.807, 2.05) is 0 Å². The van der Waals surface area contributed by atoms with Gasteiger partial charge in [-0.05, 0) is 28.8 Å². The van der Waals surface area contributed by atoms with Crippen molar-refractivity contribution >= 4 is 21.8 Å². The molecule has 0 unspecified atom stereocenters. The second-order valence-corrected chi connectivity index (χ2v) is 5.17. The number of halogens is 1. The molecule has 0 atom stereocenters. The molecule has 1 fully saturated rings. The van der Waals surface area contributed by atoms with E-state index in [0.717, 1.165) is 17.3 Å². The van der Waals surface area contributed by atoms with Gasteiger partial charge in [-0.25, -0.2) is 0 Å². The summed E-state index contributed by atoms with van der Waals surface area (Å²) in [5, 5.41) is 7.12. The molecule has 5 heteroatoms. The highest BCUT2D eigenvalue weighted by Gasteiger charge is 2.15. The van der Waals surface area contributed by atoms with E-state index in [-0.39, 0.29) is 5.91 Å². The van der Waals surface area contributed by atoms with E-state index >= 15 is 0 Å². The maximum absolute atomic E-state index is 11.7. The van der Waals surface area contributed by atoms with Crippen molar-refractivity contribution in [3.8, 4) is 0 Å². The number of carbonyl (C=O) groups is 1. The average molecular weight is 286 g/mol. The molecule has 0 bridgehead atoms. The van der Waals surface area contributed by atoms with Gasteiger partial charge in [0.05, 0.1) is 10.7 Å². The normalized spacial score (nSPS) is 17.3. The van der Waals surface area contributed by atoms with Crippen LogP contribution in [-0.4, -0.2) is 21.7 Å². The van der Waals surface area contributed by atoms with Crippen LogP contribution in [0, 0.1) is 0 Å². The van der Waals surface area contributed by atoms with Gasteiger partial charge in [-0.1, -0.05) is 19.3 Å². The molecule has 0 aromatic carbocycles. The Balaban J connectivity index is 1.79. The van der Waals surface area contributed by atoms with Crippen LogP contribution in [0.4, 0.5) is 0 Å². The van der Waals surface area contributed by atoms with Crippen LogP contribution in [0.1, 0.15) is 32.1 Å². The van der Waals surface area contributed by atoms with E-state index in [9.17, 15) is 4.79 Å². The third-order valence-corrected chi connectivity index (χ3v) is 3.29. The van der Waals surface area contributed by atoms with Gasteiger partial charge >= 0.3 is 0 Å². The average Bonchev–Trinajstić information content (AvgIpc) is 2.65. The number of amides is 1. The second-order valence-electron chi connectivity index (χ2n) is 4.26. The molecule has 1 heterocycles. The van der Waals surface area contributed by atoms with E-state index in [2.05, 4.69) is 26.3 Å². The molecule has 16 heavy (non-hydrogen) atoms. The Morgan fingerprint density at radius 1 is 1.50 bits per heavy atom. The topological polar surface area (TPSA) is 46.9 Å². The highest BCUT2D eigenvalue weighted by atomic mass is 79.9. The highest BCUT2D eigenvalue weighted by Crippen LogP contribution is 2.17. The van der Waals surface area contributed by atoms with Gasteiger partial charge in [0, 0.05) is 12.2 Å². The summed E-state index contributed by atoms with van der Waals surface area (Å²) in [6, 6.07) is 0.375. The largest absolute Gasteiger partial charge is 0.352 e. The molecule has 0 aliphatic heterocycles. The van der Waals surface area contributed by atoms with Gasteiger partial charge in [-0.15, -0.1) is 0 Å². The van der Waals surface area contributed by atoms with E-state index in [1.54, 1.807) is 17.1 Å². The van der Waals surface area contributed by atoms with Crippen LogP contribution in [0.15, 0.2) is 16.9 Å². The fourth-order valence-electron chi connectivity index (χ4n) is 2.09. The molecule has 0 radical (unpaired) electrons. The molecule has 0 spiro atoms. The minimum atomic E-state index is 0.0579. The van der Waals surface area contributed by atoms with Gasteiger partial charge in [0.25, 0.3) is 0 Å². The summed E-state index contributed by atoms with van der Waals surface area (Å²) in [6.45, 7) is 0.308. The number of nitrogens with zero attached hydrogens (tertiary/aromatic N) is 2. The molecule has 1 N–H and O–H groups in total. The first-order chi connectivity index (χ1) is 7.74. The first-order valence-corrected chi connectivity index (χ1v) is 6.50. The van der Waals surface area contributed by atoms with Gasteiger partial charge < -0.3 is 5.32 Å². The summed E-state index contributed by atoms with van der Waals surface area (Å²) in [7, 11) is 0. The Bertz CT molecular complexity index is 358. The zero-order valence-corrected chi connectivity index (χ0v) is 10.7. The van der Waals surface area contributed by atoms with Crippen molar-refractivity contribution in [2.75, 3.05) is 0 Å². The zero-order valence-electron chi connectivity index (χ0n) is 9.16.